The predicted octanol–water partition coefficient (Wildman–Crippen LogP) is 8.59. The van der Waals surface area contributed by atoms with Crippen LogP contribution in [0.25, 0.3) is 5.69 Å². The number of hydrogen-bond acceptors (Lipinski definition) is 5. The van der Waals surface area contributed by atoms with Gasteiger partial charge in [-0.3, -0.25) is 0 Å². The maximum atomic E-state index is 6.55. The SMILES string of the molecule is Cc1ccc(NC2=Nc3ccccc3N3C2=Nc2c(c(C)nn2-c2ccccc2)[C@@H]3c2cccc(Cl)c2)cc1Cl. The largest absolute Gasteiger partial charge is 0.337 e. The molecular weight excluding hydrogens is 539 g/mol. The van der Waals surface area contributed by atoms with E-state index in [2.05, 4.69) is 22.3 Å². The second-order valence-electron chi connectivity index (χ2n) is 9.87. The van der Waals surface area contributed by atoms with E-state index in [1.54, 1.807) is 0 Å². The Bertz CT molecular complexity index is 1840. The smallest absolute Gasteiger partial charge is 0.179 e. The molecule has 2 aliphatic rings. The summed E-state index contributed by atoms with van der Waals surface area (Å²) >= 11 is 13.0. The fourth-order valence-electron chi connectivity index (χ4n) is 5.35. The number of hydrogen-bond donors (Lipinski definition) is 1. The minimum absolute atomic E-state index is 0.242. The van der Waals surface area contributed by atoms with E-state index >= 15 is 0 Å². The number of anilines is 2. The number of aryl methyl sites for hydroxylation is 2. The Morgan fingerprint density at radius 3 is 2.40 bits per heavy atom. The van der Waals surface area contributed by atoms with Crippen LogP contribution in [-0.4, -0.2) is 21.5 Å². The summed E-state index contributed by atoms with van der Waals surface area (Å²) in [6.07, 6.45) is 0. The molecule has 2 aliphatic heterocycles. The van der Waals surface area contributed by atoms with Crippen LogP contribution in [0.1, 0.15) is 28.4 Å². The number of aromatic nitrogens is 2. The minimum Gasteiger partial charge on any atom is -0.337 e. The Hall–Kier alpha value is -4.39. The Kier molecular flexibility index (Phi) is 5.95. The van der Waals surface area contributed by atoms with Gasteiger partial charge in [-0.25, -0.2) is 14.7 Å². The Balaban J connectivity index is 1.50. The number of benzene rings is 4. The van der Waals surface area contributed by atoms with Crippen molar-refractivity contribution in [2.45, 2.75) is 19.9 Å². The highest BCUT2D eigenvalue weighted by molar-refractivity contribution is 6.51. The van der Waals surface area contributed by atoms with Crippen LogP contribution >= 0.6 is 23.2 Å². The molecule has 5 aromatic rings. The molecule has 3 heterocycles. The minimum atomic E-state index is -0.242. The van der Waals surface area contributed by atoms with E-state index in [0.717, 1.165) is 51.0 Å². The molecule has 0 fully saturated rings. The molecule has 0 amide bonds. The Morgan fingerprint density at radius 2 is 1.60 bits per heavy atom. The molecule has 6 nitrogen and oxygen atoms in total. The van der Waals surface area contributed by atoms with Crippen molar-refractivity contribution >= 4 is 57.8 Å². The second-order valence-corrected chi connectivity index (χ2v) is 10.7. The number of rotatable bonds is 3. The van der Waals surface area contributed by atoms with Crippen LogP contribution in [0.5, 0.6) is 0 Å². The van der Waals surface area contributed by atoms with Crippen molar-refractivity contribution in [1.82, 2.24) is 9.78 Å². The first-order valence-corrected chi connectivity index (χ1v) is 13.7. The van der Waals surface area contributed by atoms with Gasteiger partial charge in [0.05, 0.1) is 28.8 Å². The van der Waals surface area contributed by atoms with E-state index < -0.39 is 0 Å². The quantitative estimate of drug-likeness (QED) is 0.239. The van der Waals surface area contributed by atoms with Crippen LogP contribution in [0.4, 0.5) is 22.9 Å². The van der Waals surface area contributed by atoms with Crippen LogP contribution in [0.15, 0.2) is 107 Å². The highest BCUT2D eigenvalue weighted by atomic mass is 35.5. The molecule has 196 valence electrons. The number of halogens is 2. The predicted molar refractivity (Wildman–Crippen MR) is 165 cm³/mol. The molecule has 0 bridgehead atoms. The maximum Gasteiger partial charge on any atom is 0.179 e. The van der Waals surface area contributed by atoms with Crippen LogP contribution in [-0.2, 0) is 0 Å². The number of nitrogens with zero attached hydrogens (tertiary/aromatic N) is 5. The molecule has 40 heavy (non-hydrogen) atoms. The first-order chi connectivity index (χ1) is 19.5. The lowest BCUT2D eigenvalue weighted by Crippen LogP contribution is -2.46. The average molecular weight is 563 g/mol. The molecule has 0 saturated carbocycles. The Labute approximate surface area is 242 Å². The van der Waals surface area contributed by atoms with Gasteiger partial charge in [0.15, 0.2) is 17.5 Å². The molecule has 4 aromatic carbocycles. The third-order valence-corrected chi connectivity index (χ3v) is 7.88. The monoisotopic (exact) mass is 562 g/mol. The van der Waals surface area contributed by atoms with Crippen molar-refractivity contribution in [1.29, 1.82) is 0 Å². The maximum absolute atomic E-state index is 6.55. The van der Waals surface area contributed by atoms with E-state index in [1.807, 2.05) is 103 Å². The lowest BCUT2D eigenvalue weighted by molar-refractivity contribution is 0.815. The second kappa shape index (κ2) is 9.66. The normalized spacial score (nSPS) is 15.5. The molecule has 0 spiro atoms. The molecular formula is C32H24Cl2N6. The standard InChI is InChI=1S/C32H24Cl2N6/c1-19-15-16-23(18-25(19)34)35-30-32-37-31-28(20(2)38-40(31)24-11-4-3-5-12-24)29(21-9-8-10-22(33)17-21)39(32)27-14-7-6-13-26(27)36-30/h3-18,29H,1-2H3,(H,35,36)/t29-/m0/s1. The average Bonchev–Trinajstić information content (AvgIpc) is 3.30. The van der Waals surface area contributed by atoms with Gasteiger partial charge in [-0.2, -0.15) is 5.10 Å². The number of fused-ring (bicyclic) bond motifs is 4. The van der Waals surface area contributed by atoms with Gasteiger partial charge < -0.3 is 10.2 Å². The number of amidine groups is 2. The van der Waals surface area contributed by atoms with Gasteiger partial charge in [0, 0.05) is 21.3 Å². The van der Waals surface area contributed by atoms with Gasteiger partial charge in [-0.15, -0.1) is 0 Å². The van der Waals surface area contributed by atoms with Gasteiger partial charge in [0.25, 0.3) is 0 Å². The summed E-state index contributed by atoms with van der Waals surface area (Å²) < 4.78 is 1.91. The van der Waals surface area contributed by atoms with Crippen molar-refractivity contribution in [3.8, 4) is 5.69 Å². The number of para-hydroxylation sites is 3. The van der Waals surface area contributed by atoms with Crippen molar-refractivity contribution in [2.75, 3.05) is 10.2 Å². The van der Waals surface area contributed by atoms with Crippen LogP contribution in [0.3, 0.4) is 0 Å². The first-order valence-electron chi connectivity index (χ1n) is 13.0. The third kappa shape index (κ3) is 4.08. The number of aliphatic imine (C=N–C) groups is 2. The summed E-state index contributed by atoms with van der Waals surface area (Å²) in [5.74, 6) is 2.07. The van der Waals surface area contributed by atoms with Crippen molar-refractivity contribution in [2.24, 2.45) is 9.98 Å². The van der Waals surface area contributed by atoms with E-state index in [9.17, 15) is 0 Å². The molecule has 8 heteroatoms. The van der Waals surface area contributed by atoms with Gasteiger partial charge in [-0.05, 0) is 73.5 Å². The van der Waals surface area contributed by atoms with E-state index in [1.165, 1.54) is 0 Å². The molecule has 0 radical (unpaired) electrons. The molecule has 0 saturated heterocycles. The van der Waals surface area contributed by atoms with Gasteiger partial charge in [0.1, 0.15) is 0 Å². The van der Waals surface area contributed by atoms with Gasteiger partial charge in [0.2, 0.25) is 0 Å². The molecule has 1 N–H and O–H groups in total. The summed E-state index contributed by atoms with van der Waals surface area (Å²) in [6.45, 7) is 4.02. The van der Waals surface area contributed by atoms with E-state index in [-0.39, 0.29) is 6.04 Å². The van der Waals surface area contributed by atoms with Gasteiger partial charge in [-0.1, -0.05) is 71.7 Å². The highest BCUT2D eigenvalue weighted by Gasteiger charge is 2.41. The summed E-state index contributed by atoms with van der Waals surface area (Å²) in [5.41, 5.74) is 7.51. The van der Waals surface area contributed by atoms with Crippen LogP contribution in [0.2, 0.25) is 10.0 Å². The highest BCUT2D eigenvalue weighted by Crippen LogP contribution is 2.48. The van der Waals surface area contributed by atoms with Crippen molar-refractivity contribution in [3.05, 3.63) is 129 Å². The van der Waals surface area contributed by atoms with E-state index in [4.69, 9.17) is 38.3 Å². The fraction of sp³-hybridized carbons (Fsp3) is 0.0938. The molecule has 1 atom stereocenters. The lowest BCUT2D eigenvalue weighted by atomic mass is 9.93. The third-order valence-electron chi connectivity index (χ3n) is 7.24. The fourth-order valence-corrected chi connectivity index (χ4v) is 5.73. The summed E-state index contributed by atoms with van der Waals surface area (Å²) in [4.78, 5) is 12.5. The van der Waals surface area contributed by atoms with Crippen molar-refractivity contribution in [3.63, 3.8) is 0 Å². The lowest BCUT2D eigenvalue weighted by Gasteiger charge is -2.40. The first kappa shape index (κ1) is 24.6. The van der Waals surface area contributed by atoms with Gasteiger partial charge >= 0.3 is 0 Å². The molecule has 7 rings (SSSR count). The van der Waals surface area contributed by atoms with Crippen LogP contribution < -0.4 is 10.2 Å². The molecule has 0 unspecified atom stereocenters. The zero-order chi connectivity index (χ0) is 27.4. The zero-order valence-corrected chi connectivity index (χ0v) is 23.3. The number of nitrogens with one attached hydrogen (secondary N) is 1. The Morgan fingerprint density at radius 1 is 0.800 bits per heavy atom. The van der Waals surface area contributed by atoms with Crippen LogP contribution in [0, 0.1) is 13.8 Å². The van der Waals surface area contributed by atoms with E-state index in [0.29, 0.717) is 21.7 Å². The van der Waals surface area contributed by atoms with Crippen molar-refractivity contribution < 1.29 is 0 Å². The molecule has 0 aliphatic carbocycles. The molecule has 1 aromatic heterocycles. The zero-order valence-electron chi connectivity index (χ0n) is 21.8. The topological polar surface area (TPSA) is 57.8 Å². The summed E-state index contributed by atoms with van der Waals surface area (Å²) in [6, 6.07) is 31.8. The summed E-state index contributed by atoms with van der Waals surface area (Å²) in [5, 5.41) is 9.83. The summed E-state index contributed by atoms with van der Waals surface area (Å²) in [7, 11) is 0.